The summed E-state index contributed by atoms with van der Waals surface area (Å²) in [6.45, 7) is 7.87. The first-order chi connectivity index (χ1) is 14.0. The summed E-state index contributed by atoms with van der Waals surface area (Å²) in [5.41, 5.74) is 2.81. The molecule has 0 aliphatic carbocycles. The van der Waals surface area contributed by atoms with Gasteiger partial charge in [0.25, 0.3) is 0 Å². The van der Waals surface area contributed by atoms with Crippen LogP contribution in [0.1, 0.15) is 31.1 Å². The molecule has 1 aromatic carbocycles. The Morgan fingerprint density at radius 3 is 2.48 bits per heavy atom. The van der Waals surface area contributed by atoms with E-state index >= 15 is 0 Å². The molecule has 0 spiro atoms. The minimum absolute atomic E-state index is 0.264. The number of para-hydroxylation sites is 1. The molecule has 0 aliphatic rings. The number of ether oxygens (including phenoxy) is 1. The Hall–Kier alpha value is -2.39. The summed E-state index contributed by atoms with van der Waals surface area (Å²) in [6, 6.07) is 11.8. The van der Waals surface area contributed by atoms with E-state index in [4.69, 9.17) is 4.74 Å². The largest absolute Gasteiger partial charge is 0.465 e. The van der Waals surface area contributed by atoms with Gasteiger partial charge >= 0.3 is 5.97 Å². The predicted octanol–water partition coefficient (Wildman–Crippen LogP) is 4.01. The molecule has 0 saturated heterocycles. The van der Waals surface area contributed by atoms with Gasteiger partial charge in [-0.05, 0) is 45.9 Å². The number of rotatable bonds is 8. The maximum Gasteiger partial charge on any atom is 0.319 e. The molecule has 29 heavy (non-hydrogen) atoms. The van der Waals surface area contributed by atoms with E-state index < -0.39 is 0 Å². The molecule has 7 nitrogen and oxygen atoms in total. The van der Waals surface area contributed by atoms with Gasteiger partial charge in [-0.1, -0.05) is 41.7 Å². The zero-order chi connectivity index (χ0) is 20.8. The van der Waals surface area contributed by atoms with Crippen LogP contribution in [-0.4, -0.2) is 42.6 Å². The number of aryl methyl sites for hydroxylation is 2. The van der Waals surface area contributed by atoms with Gasteiger partial charge in [0, 0.05) is 17.1 Å². The van der Waals surface area contributed by atoms with Crippen molar-refractivity contribution in [1.29, 1.82) is 0 Å². The van der Waals surface area contributed by atoms with Crippen LogP contribution in [-0.2, 0) is 15.3 Å². The molecule has 0 aliphatic heterocycles. The van der Waals surface area contributed by atoms with Crippen molar-refractivity contribution in [3.05, 3.63) is 53.6 Å². The lowest BCUT2D eigenvalue weighted by atomic mass is 10.3. The second-order valence-electron chi connectivity index (χ2n) is 6.30. The SMILES string of the molecule is CCOC(=O)C(C)Sc1nnc(CSc2nc(C)cc(C)n2)n1-c1ccccc1. The fourth-order valence-corrected chi connectivity index (χ4v) is 4.41. The Bertz CT molecular complexity index is 958. The third kappa shape index (κ3) is 5.57. The molecule has 0 saturated carbocycles. The van der Waals surface area contributed by atoms with Crippen molar-refractivity contribution in [3.8, 4) is 5.69 Å². The number of benzene rings is 1. The first-order valence-electron chi connectivity index (χ1n) is 9.26. The molecule has 152 valence electrons. The van der Waals surface area contributed by atoms with Crippen LogP contribution in [0.4, 0.5) is 0 Å². The number of esters is 1. The topological polar surface area (TPSA) is 82.8 Å². The molecule has 9 heteroatoms. The van der Waals surface area contributed by atoms with E-state index in [0.29, 0.717) is 22.7 Å². The van der Waals surface area contributed by atoms with Crippen molar-refractivity contribution < 1.29 is 9.53 Å². The van der Waals surface area contributed by atoms with Crippen LogP contribution < -0.4 is 0 Å². The standard InChI is InChI=1S/C20H23N5O2S2/c1-5-27-18(26)15(4)29-20-24-23-17(25(20)16-9-7-6-8-10-16)12-28-19-21-13(2)11-14(3)22-19/h6-11,15H,5,12H2,1-4H3. The Balaban J connectivity index is 1.87. The minimum Gasteiger partial charge on any atom is -0.465 e. The summed E-state index contributed by atoms with van der Waals surface area (Å²) >= 11 is 2.85. The van der Waals surface area contributed by atoms with Crippen LogP contribution in [0.2, 0.25) is 0 Å². The summed E-state index contributed by atoms with van der Waals surface area (Å²) in [5.74, 6) is 1.06. The number of hydrogen-bond acceptors (Lipinski definition) is 8. The van der Waals surface area contributed by atoms with Crippen molar-refractivity contribution in [1.82, 2.24) is 24.7 Å². The number of aromatic nitrogens is 5. The average Bonchev–Trinajstić information content (AvgIpc) is 3.09. The first-order valence-corrected chi connectivity index (χ1v) is 11.1. The van der Waals surface area contributed by atoms with Crippen molar-refractivity contribution in [2.45, 2.75) is 49.0 Å². The Morgan fingerprint density at radius 2 is 1.83 bits per heavy atom. The van der Waals surface area contributed by atoms with E-state index in [1.54, 1.807) is 6.92 Å². The van der Waals surface area contributed by atoms with E-state index in [9.17, 15) is 4.79 Å². The molecule has 0 radical (unpaired) electrons. The van der Waals surface area contributed by atoms with Crippen molar-refractivity contribution in [3.63, 3.8) is 0 Å². The molecule has 0 bridgehead atoms. The number of thioether (sulfide) groups is 2. The van der Waals surface area contributed by atoms with Gasteiger partial charge in [0.15, 0.2) is 10.3 Å². The monoisotopic (exact) mass is 429 g/mol. The average molecular weight is 430 g/mol. The highest BCUT2D eigenvalue weighted by Gasteiger charge is 2.22. The van der Waals surface area contributed by atoms with Gasteiger partial charge in [0.1, 0.15) is 11.1 Å². The summed E-state index contributed by atoms with van der Waals surface area (Å²) in [4.78, 5) is 21.0. The molecule has 0 fully saturated rings. The lowest BCUT2D eigenvalue weighted by Gasteiger charge is -2.13. The normalized spacial score (nSPS) is 12.0. The second kappa shape index (κ2) is 9.89. The summed E-state index contributed by atoms with van der Waals surface area (Å²) < 4.78 is 7.09. The van der Waals surface area contributed by atoms with Gasteiger partial charge in [-0.25, -0.2) is 9.97 Å². The first kappa shape index (κ1) is 21.3. The van der Waals surface area contributed by atoms with Gasteiger partial charge in [0.2, 0.25) is 0 Å². The molecule has 2 heterocycles. The van der Waals surface area contributed by atoms with Crippen LogP contribution >= 0.6 is 23.5 Å². The third-order valence-electron chi connectivity index (χ3n) is 3.91. The Kier molecular flexibility index (Phi) is 7.27. The zero-order valence-corrected chi connectivity index (χ0v) is 18.5. The van der Waals surface area contributed by atoms with Crippen LogP contribution in [0.5, 0.6) is 0 Å². The Labute approximate surface area is 178 Å². The number of nitrogens with zero attached hydrogens (tertiary/aromatic N) is 5. The summed E-state index contributed by atoms with van der Waals surface area (Å²) in [5, 5.41) is 9.68. The maximum atomic E-state index is 12.1. The minimum atomic E-state index is -0.384. The van der Waals surface area contributed by atoms with Crippen LogP contribution in [0, 0.1) is 13.8 Å². The Morgan fingerprint density at radius 1 is 1.14 bits per heavy atom. The number of carbonyl (C=O) groups is 1. The molecule has 3 rings (SSSR count). The highest BCUT2D eigenvalue weighted by molar-refractivity contribution is 8.00. The van der Waals surface area contributed by atoms with E-state index in [1.165, 1.54) is 23.5 Å². The van der Waals surface area contributed by atoms with Crippen LogP contribution in [0.15, 0.2) is 46.7 Å². The summed E-state index contributed by atoms with van der Waals surface area (Å²) in [7, 11) is 0. The van der Waals surface area contributed by atoms with Gasteiger partial charge in [-0.2, -0.15) is 0 Å². The fourth-order valence-electron chi connectivity index (χ4n) is 2.66. The molecule has 0 N–H and O–H groups in total. The zero-order valence-electron chi connectivity index (χ0n) is 16.8. The van der Waals surface area contributed by atoms with Crippen molar-refractivity contribution in [2.24, 2.45) is 0 Å². The molecule has 1 unspecified atom stereocenters. The highest BCUT2D eigenvalue weighted by Crippen LogP contribution is 2.28. The molecule has 3 aromatic rings. The van der Waals surface area contributed by atoms with Crippen LogP contribution in [0.25, 0.3) is 5.69 Å². The van der Waals surface area contributed by atoms with E-state index in [0.717, 1.165) is 22.9 Å². The fraction of sp³-hybridized carbons (Fsp3) is 0.350. The quantitative estimate of drug-likeness (QED) is 0.302. The lowest BCUT2D eigenvalue weighted by molar-refractivity contribution is -0.142. The second-order valence-corrected chi connectivity index (χ2v) is 8.55. The van der Waals surface area contributed by atoms with Crippen LogP contribution in [0.3, 0.4) is 0 Å². The smallest absolute Gasteiger partial charge is 0.319 e. The lowest BCUT2D eigenvalue weighted by Crippen LogP contribution is -2.17. The molecule has 0 amide bonds. The molecule has 1 atom stereocenters. The molecular formula is C20H23N5O2S2. The van der Waals surface area contributed by atoms with Gasteiger partial charge in [-0.15, -0.1) is 10.2 Å². The van der Waals surface area contributed by atoms with Crippen molar-refractivity contribution >= 4 is 29.5 Å². The number of carbonyl (C=O) groups excluding carboxylic acids is 1. The van der Waals surface area contributed by atoms with Gasteiger partial charge < -0.3 is 4.74 Å². The third-order valence-corrected chi connectivity index (χ3v) is 5.77. The predicted molar refractivity (Wildman–Crippen MR) is 114 cm³/mol. The maximum absolute atomic E-state index is 12.1. The number of hydrogen-bond donors (Lipinski definition) is 0. The van der Waals surface area contributed by atoms with Crippen molar-refractivity contribution in [2.75, 3.05) is 6.61 Å². The van der Waals surface area contributed by atoms with Gasteiger partial charge in [-0.3, -0.25) is 9.36 Å². The van der Waals surface area contributed by atoms with E-state index in [2.05, 4.69) is 20.2 Å². The molecule has 2 aromatic heterocycles. The molecular weight excluding hydrogens is 406 g/mol. The summed E-state index contributed by atoms with van der Waals surface area (Å²) in [6.07, 6.45) is 0. The van der Waals surface area contributed by atoms with Gasteiger partial charge in [0.05, 0.1) is 12.4 Å². The van der Waals surface area contributed by atoms with E-state index in [1.807, 2.05) is 61.7 Å². The van der Waals surface area contributed by atoms with E-state index in [-0.39, 0.29) is 11.2 Å². The highest BCUT2D eigenvalue weighted by atomic mass is 32.2.